The Morgan fingerprint density at radius 3 is 2.58 bits per heavy atom. The molecule has 6 heteroatoms. The number of carbonyl (C=O) groups is 1. The number of nitrogens with zero attached hydrogens (tertiary/aromatic N) is 2. The van der Waals surface area contributed by atoms with E-state index >= 15 is 0 Å². The van der Waals surface area contributed by atoms with E-state index in [1.807, 2.05) is 51.7 Å². The third-order valence-electron chi connectivity index (χ3n) is 4.14. The molecule has 0 N–H and O–H groups in total. The van der Waals surface area contributed by atoms with E-state index < -0.39 is 5.60 Å². The number of halogens is 1. The van der Waals surface area contributed by atoms with Crippen LogP contribution < -0.4 is 4.74 Å². The first-order valence-corrected chi connectivity index (χ1v) is 10.0. The van der Waals surface area contributed by atoms with Crippen LogP contribution in [0.3, 0.4) is 0 Å². The molecule has 5 nitrogen and oxygen atoms in total. The highest BCUT2D eigenvalue weighted by Crippen LogP contribution is 2.31. The molecule has 1 aliphatic heterocycles. The number of para-hydroxylation sites is 1. The number of amides is 1. The van der Waals surface area contributed by atoms with E-state index in [0.717, 1.165) is 35.4 Å². The molecule has 1 aromatic rings. The smallest absolute Gasteiger partial charge is 0.410 e. The fraction of sp³-hybridized carbons (Fsp3) is 0.650. The van der Waals surface area contributed by atoms with Crippen molar-refractivity contribution in [2.45, 2.75) is 65.8 Å². The normalized spacial score (nSPS) is 18.9. The zero-order valence-corrected chi connectivity index (χ0v) is 18.3. The molecule has 0 saturated carbocycles. The molecule has 2 rings (SSSR count). The number of ether oxygens (including phenoxy) is 2. The lowest BCUT2D eigenvalue weighted by atomic mass is 10.1. The molecule has 0 spiro atoms. The molecule has 1 fully saturated rings. The maximum Gasteiger partial charge on any atom is 0.410 e. The molecule has 1 atom stereocenters. The Kier molecular flexibility index (Phi) is 6.97. The highest BCUT2D eigenvalue weighted by molar-refractivity contribution is 9.10. The average Bonchev–Trinajstić information content (AvgIpc) is 2.48. The Morgan fingerprint density at radius 1 is 1.31 bits per heavy atom. The molecule has 1 heterocycles. The maximum absolute atomic E-state index is 12.4. The van der Waals surface area contributed by atoms with E-state index in [-0.39, 0.29) is 18.2 Å². The monoisotopic (exact) mass is 426 g/mol. The van der Waals surface area contributed by atoms with Gasteiger partial charge in [-0.1, -0.05) is 12.1 Å². The summed E-state index contributed by atoms with van der Waals surface area (Å²) in [6, 6.07) is 6.25. The first kappa shape index (κ1) is 21.0. The zero-order chi connectivity index (χ0) is 19.5. The predicted octanol–water partition coefficient (Wildman–Crippen LogP) is 4.68. The van der Waals surface area contributed by atoms with Gasteiger partial charge in [0.05, 0.1) is 10.6 Å². The quantitative estimate of drug-likeness (QED) is 0.700. The van der Waals surface area contributed by atoms with Crippen LogP contribution in [0.4, 0.5) is 4.79 Å². The van der Waals surface area contributed by atoms with Crippen LogP contribution in [-0.4, -0.2) is 53.3 Å². The lowest BCUT2D eigenvalue weighted by Gasteiger charge is -2.40. The molecule has 1 aliphatic rings. The van der Waals surface area contributed by atoms with E-state index in [2.05, 4.69) is 33.8 Å². The van der Waals surface area contributed by atoms with Crippen molar-refractivity contribution < 1.29 is 14.3 Å². The van der Waals surface area contributed by atoms with Crippen molar-refractivity contribution in [2.24, 2.45) is 0 Å². The molecule has 1 aromatic carbocycles. The number of hydrogen-bond donors (Lipinski definition) is 0. The molecular weight excluding hydrogens is 396 g/mol. The molecule has 1 amide bonds. The molecule has 146 valence electrons. The molecule has 0 bridgehead atoms. The summed E-state index contributed by atoms with van der Waals surface area (Å²) in [5.74, 6) is 0.907. The zero-order valence-electron chi connectivity index (χ0n) is 16.7. The highest BCUT2D eigenvalue weighted by atomic mass is 79.9. The largest absolute Gasteiger partial charge is 0.489 e. The first-order chi connectivity index (χ1) is 12.1. The summed E-state index contributed by atoms with van der Waals surface area (Å²) < 4.78 is 12.5. The Labute approximate surface area is 165 Å². The van der Waals surface area contributed by atoms with Crippen molar-refractivity contribution in [3.05, 3.63) is 28.2 Å². The van der Waals surface area contributed by atoms with Gasteiger partial charge in [-0.3, -0.25) is 4.90 Å². The molecular formula is C20H31BrN2O3. The molecule has 1 saturated heterocycles. The van der Waals surface area contributed by atoms with Crippen LogP contribution >= 0.6 is 15.9 Å². The number of piperazine rings is 1. The van der Waals surface area contributed by atoms with Crippen LogP contribution in [0.25, 0.3) is 0 Å². The second-order valence-electron chi connectivity index (χ2n) is 8.15. The van der Waals surface area contributed by atoms with Crippen LogP contribution in [0.1, 0.15) is 47.1 Å². The van der Waals surface area contributed by atoms with Crippen LogP contribution in [0.15, 0.2) is 22.7 Å². The van der Waals surface area contributed by atoms with Gasteiger partial charge in [0.1, 0.15) is 11.4 Å². The minimum absolute atomic E-state index is 0.111. The minimum atomic E-state index is -0.465. The van der Waals surface area contributed by atoms with Crippen molar-refractivity contribution in [3.63, 3.8) is 0 Å². The Hall–Kier alpha value is -1.27. The average molecular weight is 427 g/mol. The third kappa shape index (κ3) is 5.88. The first-order valence-electron chi connectivity index (χ1n) is 9.23. The summed E-state index contributed by atoms with van der Waals surface area (Å²) in [4.78, 5) is 16.6. The van der Waals surface area contributed by atoms with Gasteiger partial charge < -0.3 is 14.4 Å². The van der Waals surface area contributed by atoms with Gasteiger partial charge in [0.2, 0.25) is 0 Å². The van der Waals surface area contributed by atoms with E-state index in [4.69, 9.17) is 9.47 Å². The van der Waals surface area contributed by atoms with Crippen molar-refractivity contribution in [2.75, 3.05) is 19.6 Å². The minimum Gasteiger partial charge on any atom is -0.489 e. The molecule has 26 heavy (non-hydrogen) atoms. The van der Waals surface area contributed by atoms with Crippen molar-refractivity contribution in [3.8, 4) is 5.75 Å². The lowest BCUT2D eigenvalue weighted by molar-refractivity contribution is 0.000424. The Bertz CT molecular complexity index is 628. The molecule has 0 unspecified atom stereocenters. The van der Waals surface area contributed by atoms with Crippen LogP contribution in [0.5, 0.6) is 5.75 Å². The summed E-state index contributed by atoms with van der Waals surface area (Å²) in [5.41, 5.74) is 0.693. The van der Waals surface area contributed by atoms with Gasteiger partial charge in [0.15, 0.2) is 0 Å². The summed E-state index contributed by atoms with van der Waals surface area (Å²) in [6.45, 7) is 14.9. The van der Waals surface area contributed by atoms with E-state index in [1.165, 1.54) is 0 Å². The van der Waals surface area contributed by atoms with E-state index in [1.54, 1.807) is 0 Å². The Balaban J connectivity index is 2.02. The fourth-order valence-electron chi connectivity index (χ4n) is 3.06. The van der Waals surface area contributed by atoms with Gasteiger partial charge in [-0.15, -0.1) is 0 Å². The fourth-order valence-corrected chi connectivity index (χ4v) is 3.56. The van der Waals surface area contributed by atoms with Crippen molar-refractivity contribution in [1.82, 2.24) is 9.80 Å². The second kappa shape index (κ2) is 8.61. The number of hydrogen-bond acceptors (Lipinski definition) is 4. The van der Waals surface area contributed by atoms with Gasteiger partial charge >= 0.3 is 6.09 Å². The van der Waals surface area contributed by atoms with Crippen LogP contribution in [0.2, 0.25) is 0 Å². The highest BCUT2D eigenvalue weighted by Gasteiger charge is 2.31. The van der Waals surface area contributed by atoms with Crippen molar-refractivity contribution in [1.29, 1.82) is 0 Å². The predicted molar refractivity (Wildman–Crippen MR) is 108 cm³/mol. The number of benzene rings is 1. The van der Waals surface area contributed by atoms with Gasteiger partial charge in [-0.25, -0.2) is 4.79 Å². The van der Waals surface area contributed by atoms with Gasteiger partial charge in [-0.05, 0) is 63.5 Å². The standard InChI is InChI=1S/C20H31BrN2O3/c1-14(2)25-18-16(8-7-9-17(18)21)13-22-10-11-23(15(3)12-22)19(24)26-20(4,5)6/h7-9,14-15H,10-13H2,1-6H3/t15-/m0/s1. The summed E-state index contributed by atoms with van der Waals surface area (Å²) in [7, 11) is 0. The van der Waals surface area contributed by atoms with Gasteiger partial charge in [0, 0.05) is 37.8 Å². The van der Waals surface area contributed by atoms with E-state index in [9.17, 15) is 4.79 Å². The van der Waals surface area contributed by atoms with Gasteiger partial charge in [0.25, 0.3) is 0 Å². The maximum atomic E-state index is 12.4. The summed E-state index contributed by atoms with van der Waals surface area (Å²) in [6.07, 6.45) is -0.105. The molecule has 0 aliphatic carbocycles. The summed E-state index contributed by atoms with van der Waals surface area (Å²) >= 11 is 3.60. The van der Waals surface area contributed by atoms with Crippen molar-refractivity contribution >= 4 is 22.0 Å². The number of rotatable bonds is 4. The Morgan fingerprint density at radius 2 is 2.00 bits per heavy atom. The summed E-state index contributed by atoms with van der Waals surface area (Å²) in [5, 5.41) is 0. The number of carbonyl (C=O) groups excluding carboxylic acids is 1. The van der Waals surface area contributed by atoms with Crippen LogP contribution in [0, 0.1) is 0 Å². The topological polar surface area (TPSA) is 42.0 Å². The lowest BCUT2D eigenvalue weighted by Crippen LogP contribution is -2.54. The molecule has 0 aromatic heterocycles. The van der Waals surface area contributed by atoms with Crippen LogP contribution in [-0.2, 0) is 11.3 Å². The third-order valence-corrected chi connectivity index (χ3v) is 4.76. The SMILES string of the molecule is CC(C)Oc1c(Br)cccc1CN1CCN(C(=O)OC(C)(C)C)[C@@H](C)C1. The van der Waals surface area contributed by atoms with E-state index in [0.29, 0.717) is 6.54 Å². The van der Waals surface area contributed by atoms with Gasteiger partial charge in [-0.2, -0.15) is 0 Å². The molecule has 0 radical (unpaired) electrons. The second-order valence-corrected chi connectivity index (χ2v) is 9.01.